The van der Waals surface area contributed by atoms with Gasteiger partial charge in [-0.15, -0.1) is 11.8 Å². The molecule has 0 radical (unpaired) electrons. The third-order valence-corrected chi connectivity index (χ3v) is 14.1. The highest BCUT2D eigenvalue weighted by molar-refractivity contribution is 8.00. The second kappa shape index (κ2) is 10.7. The zero-order chi connectivity index (χ0) is 33.9. The van der Waals surface area contributed by atoms with Crippen LogP contribution in [-0.2, 0) is 10.2 Å². The monoisotopic (exact) mass is 676 g/mol. The minimum absolute atomic E-state index is 0.00907. The number of aryl methyl sites for hydroxylation is 1. The van der Waals surface area contributed by atoms with Crippen molar-refractivity contribution >= 4 is 80.2 Å². The lowest BCUT2D eigenvalue weighted by Crippen LogP contribution is -2.61. The lowest BCUT2D eigenvalue weighted by molar-refractivity contribution is 0.246. The Morgan fingerprint density at radius 3 is 2.02 bits per heavy atom. The Kier molecular flexibility index (Phi) is 6.20. The van der Waals surface area contributed by atoms with E-state index in [1.165, 1.54) is 91.8 Å². The number of thioether (sulfide) groups is 1. The Balaban J connectivity index is 1.25. The van der Waals surface area contributed by atoms with Crippen molar-refractivity contribution in [1.29, 1.82) is 0 Å². The summed E-state index contributed by atoms with van der Waals surface area (Å²) in [4.78, 5) is 6.35. The molecule has 2 unspecified atom stereocenters. The third-order valence-electron chi connectivity index (χ3n) is 12.3. The number of hydrogen-bond donors (Lipinski definition) is 0. The average molecular weight is 677 g/mol. The Hall–Kier alpha value is -5.13. The lowest BCUT2D eigenvalue weighted by Gasteiger charge is -2.48. The summed E-state index contributed by atoms with van der Waals surface area (Å²) in [6.45, 7) is 4.82. The number of nitrogens with zero attached hydrogens (tertiary/aromatic N) is 2. The largest absolute Gasteiger partial charge is 0.440 e. The van der Waals surface area contributed by atoms with Gasteiger partial charge in [0.05, 0.1) is 4.75 Å². The molecule has 5 heteroatoms. The molecule has 0 bridgehead atoms. The van der Waals surface area contributed by atoms with Crippen LogP contribution in [0.15, 0.2) is 149 Å². The highest BCUT2D eigenvalue weighted by Gasteiger charge is 2.58. The van der Waals surface area contributed by atoms with E-state index >= 15 is 0 Å². The molecule has 1 aliphatic carbocycles. The molecule has 1 saturated carbocycles. The number of fused-ring (bicyclic) bond motifs is 9. The van der Waals surface area contributed by atoms with E-state index in [1.807, 2.05) is 0 Å². The first-order chi connectivity index (χ1) is 25.1. The SMILES string of the molecule is Cc1cc2c3c(c1)N(c1ccccc1)c1oc4ccccc4c1B3c1cc3c(cc1N2c1ccccc1)SC1(c2ccccc2)CCCCC31C. The van der Waals surface area contributed by atoms with Crippen LogP contribution in [0.1, 0.15) is 49.3 Å². The van der Waals surface area contributed by atoms with Gasteiger partial charge in [-0.2, -0.15) is 0 Å². The number of benzene rings is 6. The molecular weight excluding hydrogens is 639 g/mol. The molecule has 3 aliphatic heterocycles. The maximum atomic E-state index is 6.96. The fourth-order valence-corrected chi connectivity index (χ4v) is 12.0. The topological polar surface area (TPSA) is 19.6 Å². The summed E-state index contributed by atoms with van der Waals surface area (Å²) >= 11 is 2.13. The molecule has 246 valence electrons. The molecule has 0 N–H and O–H groups in total. The van der Waals surface area contributed by atoms with Crippen LogP contribution in [0.3, 0.4) is 0 Å². The molecule has 2 atom stereocenters. The zero-order valence-corrected chi connectivity index (χ0v) is 29.7. The van der Waals surface area contributed by atoms with Gasteiger partial charge in [0.25, 0.3) is 6.71 Å². The molecule has 0 spiro atoms. The van der Waals surface area contributed by atoms with E-state index in [-0.39, 0.29) is 16.9 Å². The van der Waals surface area contributed by atoms with Crippen LogP contribution in [0.25, 0.3) is 11.0 Å². The van der Waals surface area contributed by atoms with Gasteiger partial charge in [0.1, 0.15) is 5.58 Å². The molecule has 7 aromatic rings. The molecule has 11 rings (SSSR count). The summed E-state index contributed by atoms with van der Waals surface area (Å²) < 4.78 is 6.97. The van der Waals surface area contributed by atoms with Crippen LogP contribution in [0.5, 0.6) is 0 Å². The maximum absolute atomic E-state index is 6.96. The maximum Gasteiger partial charge on any atom is 0.257 e. The van der Waals surface area contributed by atoms with E-state index in [9.17, 15) is 0 Å². The molecule has 51 heavy (non-hydrogen) atoms. The van der Waals surface area contributed by atoms with Gasteiger partial charge >= 0.3 is 0 Å². The minimum Gasteiger partial charge on any atom is -0.440 e. The summed E-state index contributed by atoms with van der Waals surface area (Å²) in [6, 6.07) is 51.8. The minimum atomic E-state index is 0.00907. The molecule has 1 aromatic heterocycles. The van der Waals surface area contributed by atoms with Crippen molar-refractivity contribution in [2.45, 2.75) is 54.6 Å². The van der Waals surface area contributed by atoms with Crippen LogP contribution >= 0.6 is 11.8 Å². The Bertz CT molecular complexity index is 2510. The smallest absolute Gasteiger partial charge is 0.257 e. The van der Waals surface area contributed by atoms with Crippen LogP contribution < -0.4 is 26.2 Å². The highest BCUT2D eigenvalue weighted by Crippen LogP contribution is 2.68. The van der Waals surface area contributed by atoms with E-state index in [0.717, 1.165) is 17.2 Å². The van der Waals surface area contributed by atoms with E-state index < -0.39 is 0 Å². The fraction of sp³-hybridized carbons (Fsp3) is 0.174. The van der Waals surface area contributed by atoms with Crippen LogP contribution in [0, 0.1) is 6.92 Å². The van der Waals surface area contributed by atoms with Crippen LogP contribution in [0.2, 0.25) is 0 Å². The van der Waals surface area contributed by atoms with E-state index in [4.69, 9.17) is 4.42 Å². The van der Waals surface area contributed by atoms with Crippen molar-refractivity contribution in [2.24, 2.45) is 0 Å². The quantitative estimate of drug-likeness (QED) is 0.174. The van der Waals surface area contributed by atoms with Gasteiger partial charge in [-0.25, -0.2) is 0 Å². The van der Waals surface area contributed by atoms with E-state index in [2.05, 4.69) is 175 Å². The Labute approximate surface area is 304 Å². The highest BCUT2D eigenvalue weighted by atomic mass is 32.2. The van der Waals surface area contributed by atoms with Gasteiger partial charge in [0, 0.05) is 49.6 Å². The first kappa shape index (κ1) is 29.6. The zero-order valence-electron chi connectivity index (χ0n) is 28.9. The Morgan fingerprint density at radius 2 is 1.27 bits per heavy atom. The lowest BCUT2D eigenvalue weighted by atomic mass is 9.33. The van der Waals surface area contributed by atoms with Crippen LogP contribution in [0.4, 0.5) is 34.3 Å². The second-order valence-corrected chi connectivity index (χ2v) is 16.4. The first-order valence-electron chi connectivity index (χ1n) is 18.4. The summed E-state index contributed by atoms with van der Waals surface area (Å²) in [6.07, 6.45) is 4.90. The van der Waals surface area contributed by atoms with Crippen molar-refractivity contribution < 1.29 is 4.42 Å². The normalized spacial score (nSPS) is 21.2. The molecule has 4 heterocycles. The summed E-state index contributed by atoms with van der Waals surface area (Å²) in [5.41, 5.74) is 15.1. The van der Waals surface area contributed by atoms with Crippen molar-refractivity contribution in [3.8, 4) is 0 Å². The molecule has 1 fully saturated rings. The molecule has 4 aliphatic rings. The van der Waals surface area contributed by atoms with Crippen molar-refractivity contribution in [3.63, 3.8) is 0 Å². The van der Waals surface area contributed by atoms with Gasteiger partial charge < -0.3 is 9.32 Å². The number of para-hydroxylation sites is 3. The summed E-state index contributed by atoms with van der Waals surface area (Å²) in [5.74, 6) is 0.924. The van der Waals surface area contributed by atoms with Crippen molar-refractivity contribution in [3.05, 3.63) is 156 Å². The standard InChI is InChI=1S/C46H37BN2OS/c1-30-26-38-43-39(27-30)49(33-20-10-5-11-21-33)44-42(34-22-12-13-23-40(34)50-44)47(43)36-28-35-41(29-37(36)48(38)32-18-8-4-9-19-32)51-46(31-16-6-3-7-17-31)25-15-14-24-45(35,46)2/h3-13,16-23,26-29H,14-15,24-25H2,1-2H3. The van der Waals surface area contributed by atoms with E-state index in [1.54, 1.807) is 0 Å². The van der Waals surface area contributed by atoms with Crippen molar-refractivity contribution in [1.82, 2.24) is 0 Å². The number of hydrogen-bond acceptors (Lipinski definition) is 4. The molecule has 0 amide bonds. The van der Waals surface area contributed by atoms with Gasteiger partial charge in [0.2, 0.25) is 5.88 Å². The molecular formula is C46H37BN2OS. The number of furan rings is 1. The predicted molar refractivity (Wildman–Crippen MR) is 215 cm³/mol. The number of anilines is 6. The van der Waals surface area contributed by atoms with Gasteiger partial charge in [-0.3, -0.25) is 4.90 Å². The van der Waals surface area contributed by atoms with E-state index in [0.29, 0.717) is 0 Å². The third kappa shape index (κ3) is 3.93. The molecule has 6 aromatic carbocycles. The van der Waals surface area contributed by atoms with Crippen molar-refractivity contribution in [2.75, 3.05) is 9.80 Å². The summed E-state index contributed by atoms with van der Waals surface area (Å²) in [7, 11) is 0. The van der Waals surface area contributed by atoms with Crippen LogP contribution in [-0.4, -0.2) is 6.71 Å². The second-order valence-electron chi connectivity index (χ2n) is 15.1. The molecule has 0 saturated heterocycles. The molecule has 3 nitrogen and oxygen atoms in total. The van der Waals surface area contributed by atoms with Gasteiger partial charge in [-0.05, 0) is 95.9 Å². The predicted octanol–water partition coefficient (Wildman–Crippen LogP) is 10.7. The summed E-state index contributed by atoms with van der Waals surface area (Å²) in [5, 5.41) is 1.19. The number of rotatable bonds is 3. The first-order valence-corrected chi connectivity index (χ1v) is 19.2. The Morgan fingerprint density at radius 1 is 0.647 bits per heavy atom. The van der Waals surface area contributed by atoms with Gasteiger partial charge in [0.15, 0.2) is 0 Å². The average Bonchev–Trinajstić information content (AvgIpc) is 3.68. The fourth-order valence-electron chi connectivity index (χ4n) is 10.1. The van der Waals surface area contributed by atoms with Gasteiger partial charge in [-0.1, -0.05) is 111 Å².